The molecule has 0 amide bonds. The van der Waals surface area contributed by atoms with Crippen LogP contribution >= 0.6 is 0 Å². The van der Waals surface area contributed by atoms with E-state index in [9.17, 15) is 5.11 Å². The quantitative estimate of drug-likeness (QED) is 0.676. The molecule has 1 rings (SSSR count). The van der Waals surface area contributed by atoms with Gasteiger partial charge in [0.25, 0.3) is 0 Å². The van der Waals surface area contributed by atoms with Crippen molar-refractivity contribution in [2.75, 3.05) is 13.1 Å². The van der Waals surface area contributed by atoms with Gasteiger partial charge in [0, 0.05) is 13.1 Å². The Morgan fingerprint density at radius 1 is 1.77 bits per heavy atom. The highest BCUT2D eigenvalue weighted by atomic mass is 16.4. The molecule has 1 aromatic rings. The maximum absolute atomic E-state index is 9.54. The molecule has 0 aromatic carbocycles. The first-order chi connectivity index (χ1) is 6.20. The fourth-order valence-electron chi connectivity index (χ4n) is 1.00. The third-order valence-electron chi connectivity index (χ3n) is 1.64. The van der Waals surface area contributed by atoms with Gasteiger partial charge in [0.15, 0.2) is 0 Å². The van der Waals surface area contributed by atoms with Gasteiger partial charge in [0.2, 0.25) is 0 Å². The molecule has 0 aliphatic carbocycles. The minimum atomic E-state index is -0.575. The summed E-state index contributed by atoms with van der Waals surface area (Å²) < 4.78 is 5.04. The van der Waals surface area contributed by atoms with Crippen LogP contribution < -0.4 is 5.32 Å². The van der Waals surface area contributed by atoms with Crippen LogP contribution in [0.3, 0.4) is 0 Å². The Kier molecular flexibility index (Phi) is 3.73. The third kappa shape index (κ3) is 3.44. The molecule has 72 valence electrons. The van der Waals surface area contributed by atoms with Crippen LogP contribution in [0, 0.1) is 0 Å². The summed E-state index contributed by atoms with van der Waals surface area (Å²) in [6.45, 7) is 6.89. The summed E-state index contributed by atoms with van der Waals surface area (Å²) in [6, 6.07) is 3.52. The molecule has 1 atom stereocenters. The van der Waals surface area contributed by atoms with E-state index in [1.807, 2.05) is 6.92 Å². The normalized spacial score (nSPS) is 12.8. The average molecular weight is 181 g/mol. The first-order valence-electron chi connectivity index (χ1n) is 4.26. The Bertz CT molecular complexity index is 254. The highest BCUT2D eigenvalue weighted by Crippen LogP contribution is 2.11. The van der Waals surface area contributed by atoms with Crippen LogP contribution in [-0.4, -0.2) is 18.2 Å². The van der Waals surface area contributed by atoms with Crippen molar-refractivity contribution in [2.24, 2.45) is 0 Å². The number of rotatable bonds is 5. The fourth-order valence-corrected chi connectivity index (χ4v) is 1.00. The van der Waals surface area contributed by atoms with Gasteiger partial charge in [0.1, 0.15) is 11.9 Å². The summed E-state index contributed by atoms with van der Waals surface area (Å²) in [7, 11) is 0. The second-order valence-corrected chi connectivity index (χ2v) is 3.12. The summed E-state index contributed by atoms with van der Waals surface area (Å²) in [5.41, 5.74) is 1.05. The molecule has 13 heavy (non-hydrogen) atoms. The van der Waals surface area contributed by atoms with Crippen molar-refractivity contribution < 1.29 is 9.52 Å². The van der Waals surface area contributed by atoms with Crippen molar-refractivity contribution in [1.29, 1.82) is 0 Å². The Balaban J connectivity index is 2.26. The van der Waals surface area contributed by atoms with Crippen molar-refractivity contribution in [3.05, 3.63) is 36.3 Å². The van der Waals surface area contributed by atoms with E-state index in [-0.39, 0.29) is 0 Å². The highest BCUT2D eigenvalue weighted by molar-refractivity contribution is 5.02. The van der Waals surface area contributed by atoms with Crippen molar-refractivity contribution in [1.82, 2.24) is 5.32 Å². The topological polar surface area (TPSA) is 45.4 Å². The molecule has 1 aromatic heterocycles. The molecule has 1 heterocycles. The molecule has 2 N–H and O–H groups in total. The van der Waals surface area contributed by atoms with Gasteiger partial charge in [-0.3, -0.25) is 0 Å². The molecule has 0 aliphatic rings. The van der Waals surface area contributed by atoms with Gasteiger partial charge in [0.05, 0.1) is 6.26 Å². The number of aliphatic hydroxyl groups excluding tert-OH is 1. The Labute approximate surface area is 78.1 Å². The molecule has 0 spiro atoms. The summed E-state index contributed by atoms with van der Waals surface area (Å²) in [6.07, 6.45) is 0.978. The largest absolute Gasteiger partial charge is 0.467 e. The highest BCUT2D eigenvalue weighted by Gasteiger charge is 2.08. The van der Waals surface area contributed by atoms with Crippen LogP contribution in [-0.2, 0) is 0 Å². The standard InChI is InChI=1S/C10H15NO2/c1-8(2)6-11-7-9(12)10-4-3-5-13-10/h3-5,9,11-12H,1,6-7H2,2H3. The first kappa shape index (κ1) is 10.0. The molecule has 0 aliphatic heterocycles. The van der Waals surface area contributed by atoms with Crippen LogP contribution in [0.1, 0.15) is 18.8 Å². The van der Waals surface area contributed by atoms with E-state index < -0.39 is 6.10 Å². The minimum absolute atomic E-state index is 0.486. The van der Waals surface area contributed by atoms with Gasteiger partial charge in [-0.05, 0) is 19.1 Å². The molecular weight excluding hydrogens is 166 g/mol. The Morgan fingerprint density at radius 2 is 2.54 bits per heavy atom. The van der Waals surface area contributed by atoms with Crippen LogP contribution in [0.4, 0.5) is 0 Å². The molecule has 0 saturated heterocycles. The molecule has 3 heteroatoms. The van der Waals surface area contributed by atoms with Gasteiger partial charge in [-0.2, -0.15) is 0 Å². The zero-order valence-corrected chi connectivity index (χ0v) is 7.79. The van der Waals surface area contributed by atoms with Gasteiger partial charge in [-0.25, -0.2) is 0 Å². The molecular formula is C10H15NO2. The van der Waals surface area contributed by atoms with Gasteiger partial charge in [-0.1, -0.05) is 12.2 Å². The van der Waals surface area contributed by atoms with Crippen LogP contribution in [0.2, 0.25) is 0 Å². The summed E-state index contributed by atoms with van der Waals surface area (Å²) in [5, 5.41) is 12.6. The van der Waals surface area contributed by atoms with E-state index in [2.05, 4.69) is 11.9 Å². The van der Waals surface area contributed by atoms with Gasteiger partial charge >= 0.3 is 0 Å². The smallest absolute Gasteiger partial charge is 0.133 e. The SMILES string of the molecule is C=C(C)CNCC(O)c1ccco1. The first-order valence-corrected chi connectivity index (χ1v) is 4.26. The van der Waals surface area contributed by atoms with Crippen LogP contribution in [0.5, 0.6) is 0 Å². The van der Waals surface area contributed by atoms with Crippen molar-refractivity contribution >= 4 is 0 Å². The zero-order valence-electron chi connectivity index (χ0n) is 7.79. The molecule has 0 fully saturated rings. The van der Waals surface area contributed by atoms with E-state index >= 15 is 0 Å². The monoisotopic (exact) mass is 181 g/mol. The van der Waals surface area contributed by atoms with Crippen LogP contribution in [0.25, 0.3) is 0 Å². The second-order valence-electron chi connectivity index (χ2n) is 3.12. The molecule has 0 bridgehead atoms. The molecule has 0 radical (unpaired) electrons. The second kappa shape index (κ2) is 4.84. The lowest BCUT2D eigenvalue weighted by Gasteiger charge is -2.08. The number of nitrogens with one attached hydrogen (secondary N) is 1. The van der Waals surface area contributed by atoms with Crippen molar-refractivity contribution in [3.63, 3.8) is 0 Å². The molecule has 3 nitrogen and oxygen atoms in total. The van der Waals surface area contributed by atoms with E-state index in [0.29, 0.717) is 12.3 Å². The lowest BCUT2D eigenvalue weighted by Crippen LogP contribution is -2.22. The zero-order chi connectivity index (χ0) is 9.68. The van der Waals surface area contributed by atoms with Crippen molar-refractivity contribution in [2.45, 2.75) is 13.0 Å². The lowest BCUT2D eigenvalue weighted by molar-refractivity contribution is 0.148. The van der Waals surface area contributed by atoms with Crippen LogP contribution in [0.15, 0.2) is 35.0 Å². The predicted molar refractivity (Wildman–Crippen MR) is 51.4 cm³/mol. The lowest BCUT2D eigenvalue weighted by atomic mass is 10.2. The maximum atomic E-state index is 9.54. The summed E-state index contributed by atoms with van der Waals surface area (Å²) in [4.78, 5) is 0. The van der Waals surface area contributed by atoms with Crippen molar-refractivity contribution in [3.8, 4) is 0 Å². The number of aliphatic hydroxyl groups is 1. The minimum Gasteiger partial charge on any atom is -0.467 e. The number of furan rings is 1. The Hall–Kier alpha value is -1.06. The van der Waals surface area contributed by atoms with E-state index in [0.717, 1.165) is 12.1 Å². The summed E-state index contributed by atoms with van der Waals surface area (Å²) >= 11 is 0. The van der Waals surface area contributed by atoms with Gasteiger partial charge < -0.3 is 14.8 Å². The average Bonchev–Trinajstić information content (AvgIpc) is 2.55. The number of hydrogen-bond donors (Lipinski definition) is 2. The third-order valence-corrected chi connectivity index (χ3v) is 1.64. The van der Waals surface area contributed by atoms with Gasteiger partial charge in [-0.15, -0.1) is 0 Å². The molecule has 0 saturated carbocycles. The fraction of sp³-hybridized carbons (Fsp3) is 0.400. The Morgan fingerprint density at radius 3 is 3.08 bits per heavy atom. The van der Waals surface area contributed by atoms with E-state index in [1.165, 1.54) is 0 Å². The van der Waals surface area contributed by atoms with E-state index in [1.54, 1.807) is 18.4 Å². The predicted octanol–water partition coefficient (Wildman–Crippen LogP) is 1.48. The summed E-state index contributed by atoms with van der Waals surface area (Å²) in [5.74, 6) is 0.592. The van der Waals surface area contributed by atoms with E-state index in [4.69, 9.17) is 4.42 Å². The number of hydrogen-bond acceptors (Lipinski definition) is 3. The molecule has 1 unspecified atom stereocenters. The maximum Gasteiger partial charge on any atom is 0.133 e.